The number of nitrogens with two attached hydrogens (primary N) is 1. The van der Waals surface area contributed by atoms with Gasteiger partial charge in [0.25, 0.3) is 0 Å². The van der Waals surface area contributed by atoms with Gasteiger partial charge in [0, 0.05) is 0 Å². The van der Waals surface area contributed by atoms with Crippen LogP contribution < -0.4 is 5.73 Å². The van der Waals surface area contributed by atoms with Crippen molar-refractivity contribution in [2.75, 3.05) is 12.3 Å². The van der Waals surface area contributed by atoms with E-state index in [1.165, 1.54) is 12.7 Å². The first-order chi connectivity index (χ1) is 12.0. The lowest BCUT2D eigenvalue weighted by molar-refractivity contribution is -0.0491. The summed E-state index contributed by atoms with van der Waals surface area (Å²) in [6.45, 7) is 10.9. The van der Waals surface area contributed by atoms with E-state index in [1.54, 1.807) is 4.57 Å². The van der Waals surface area contributed by atoms with Gasteiger partial charge in [0.15, 0.2) is 26.0 Å². The molecule has 1 saturated heterocycles. The average molecular weight is 382 g/mol. The molecule has 0 radical (unpaired) electrons. The van der Waals surface area contributed by atoms with Crippen molar-refractivity contribution in [3.8, 4) is 0 Å². The van der Waals surface area contributed by atoms with Gasteiger partial charge in [0.2, 0.25) is 0 Å². The molecular formula is C16H27N5O4Si. The van der Waals surface area contributed by atoms with Crippen LogP contribution in [0, 0.1) is 0 Å². The molecule has 0 amide bonds. The highest BCUT2D eigenvalue weighted by Crippen LogP contribution is 2.38. The topological polar surface area (TPSA) is 129 Å². The minimum atomic E-state index is -1.99. The molecule has 26 heavy (non-hydrogen) atoms. The molecule has 3 heterocycles. The van der Waals surface area contributed by atoms with Crippen molar-refractivity contribution in [3.63, 3.8) is 0 Å². The van der Waals surface area contributed by atoms with Gasteiger partial charge in [-0.2, -0.15) is 0 Å². The van der Waals surface area contributed by atoms with Crippen LogP contribution in [0.4, 0.5) is 5.82 Å². The van der Waals surface area contributed by atoms with Crippen LogP contribution >= 0.6 is 0 Å². The first-order valence-electron chi connectivity index (χ1n) is 8.61. The predicted molar refractivity (Wildman–Crippen MR) is 98.8 cm³/mol. The Bertz CT molecular complexity index is 791. The molecule has 4 N–H and O–H groups in total. The van der Waals surface area contributed by atoms with Crippen LogP contribution in [0.25, 0.3) is 11.2 Å². The van der Waals surface area contributed by atoms with E-state index in [9.17, 15) is 10.2 Å². The van der Waals surface area contributed by atoms with E-state index in [2.05, 4.69) is 48.8 Å². The summed E-state index contributed by atoms with van der Waals surface area (Å²) in [6.07, 6.45) is -0.852. The second-order valence-electron chi connectivity index (χ2n) is 8.20. The van der Waals surface area contributed by atoms with Gasteiger partial charge < -0.3 is 25.1 Å². The van der Waals surface area contributed by atoms with Gasteiger partial charge >= 0.3 is 0 Å². The summed E-state index contributed by atoms with van der Waals surface area (Å²) in [5.41, 5.74) is 6.67. The molecule has 3 rings (SSSR count). The Morgan fingerprint density at radius 2 is 1.92 bits per heavy atom. The number of rotatable bonds is 4. The van der Waals surface area contributed by atoms with E-state index in [-0.39, 0.29) is 17.5 Å². The zero-order valence-corrected chi connectivity index (χ0v) is 16.7. The number of imidazole rings is 1. The van der Waals surface area contributed by atoms with Crippen molar-refractivity contribution >= 4 is 25.3 Å². The Balaban J connectivity index is 1.78. The van der Waals surface area contributed by atoms with Crippen molar-refractivity contribution in [2.45, 2.75) is 63.4 Å². The van der Waals surface area contributed by atoms with Gasteiger partial charge in [-0.15, -0.1) is 0 Å². The molecule has 1 aliphatic heterocycles. The standard InChI is InChI=1S/C16H27N5O4Si/c1-16(2,3)26(4,5)24-6-9-11(22)12(23)15(25-9)21-8-20-10-13(17)18-7-19-14(10)21/h7-9,11-12,15,22-23H,6H2,1-5H3,(H2,17,18,19)/t9?,11-,12+,15?/m0/s1. The highest BCUT2D eigenvalue weighted by atomic mass is 28.4. The summed E-state index contributed by atoms with van der Waals surface area (Å²) in [5.74, 6) is 0.250. The predicted octanol–water partition coefficient (Wildman–Crippen LogP) is 1.05. The van der Waals surface area contributed by atoms with Gasteiger partial charge in [-0.05, 0) is 18.1 Å². The fourth-order valence-electron chi connectivity index (χ4n) is 2.66. The van der Waals surface area contributed by atoms with Gasteiger partial charge in [-0.3, -0.25) is 4.57 Å². The van der Waals surface area contributed by atoms with E-state index < -0.39 is 32.9 Å². The third-order valence-corrected chi connectivity index (χ3v) is 9.91. The van der Waals surface area contributed by atoms with Gasteiger partial charge in [-0.1, -0.05) is 20.8 Å². The molecule has 1 fully saturated rings. The smallest absolute Gasteiger partial charge is 0.192 e. The lowest BCUT2D eigenvalue weighted by Gasteiger charge is -2.37. The fraction of sp³-hybridized carbons (Fsp3) is 0.688. The van der Waals surface area contributed by atoms with Crippen molar-refractivity contribution in [1.29, 1.82) is 0 Å². The number of anilines is 1. The summed E-state index contributed by atoms with van der Waals surface area (Å²) >= 11 is 0. The van der Waals surface area contributed by atoms with Crippen LogP contribution in [-0.2, 0) is 9.16 Å². The molecule has 0 spiro atoms. The number of aliphatic hydroxyl groups is 2. The summed E-state index contributed by atoms with van der Waals surface area (Å²) < 4.78 is 13.6. The Hall–Kier alpha value is -1.59. The van der Waals surface area contributed by atoms with Crippen LogP contribution in [0.1, 0.15) is 27.0 Å². The third kappa shape index (κ3) is 3.23. The van der Waals surface area contributed by atoms with Crippen LogP contribution in [0.3, 0.4) is 0 Å². The fourth-order valence-corrected chi connectivity index (χ4v) is 3.67. The van der Waals surface area contributed by atoms with E-state index in [1.807, 2.05) is 0 Å². The highest BCUT2D eigenvalue weighted by molar-refractivity contribution is 6.74. The van der Waals surface area contributed by atoms with Crippen LogP contribution in [-0.4, -0.2) is 63.0 Å². The first kappa shape index (κ1) is 19.2. The van der Waals surface area contributed by atoms with Crippen molar-refractivity contribution < 1.29 is 19.4 Å². The van der Waals surface area contributed by atoms with Crippen LogP contribution in [0.2, 0.25) is 18.1 Å². The molecule has 9 nitrogen and oxygen atoms in total. The number of hydrogen-bond acceptors (Lipinski definition) is 8. The minimum absolute atomic E-state index is 0.0452. The summed E-state index contributed by atoms with van der Waals surface area (Å²) in [4.78, 5) is 12.2. The lowest BCUT2D eigenvalue weighted by Crippen LogP contribution is -2.44. The SMILES string of the molecule is CC(C)(C)[Si](C)(C)OCC1OC(n2cnc3c(N)ncnc32)[C@H](O)[C@H]1O. The summed E-state index contributed by atoms with van der Waals surface area (Å²) in [7, 11) is -1.99. The molecule has 0 aromatic carbocycles. The van der Waals surface area contributed by atoms with Gasteiger partial charge in [-0.25, -0.2) is 15.0 Å². The lowest BCUT2D eigenvalue weighted by atomic mass is 10.1. The quantitative estimate of drug-likeness (QED) is 0.670. The molecule has 2 unspecified atom stereocenters. The Kier molecular flexibility index (Phi) is 4.82. The zero-order valence-electron chi connectivity index (χ0n) is 15.7. The maximum Gasteiger partial charge on any atom is 0.192 e. The molecule has 0 aliphatic carbocycles. The van der Waals surface area contributed by atoms with E-state index in [0.29, 0.717) is 11.2 Å². The number of fused-ring (bicyclic) bond motifs is 1. The number of nitrogens with zero attached hydrogens (tertiary/aromatic N) is 4. The minimum Gasteiger partial charge on any atom is -0.414 e. The van der Waals surface area contributed by atoms with Gasteiger partial charge in [0.05, 0.1) is 12.9 Å². The van der Waals surface area contributed by atoms with Gasteiger partial charge in [0.1, 0.15) is 30.2 Å². The molecule has 2 aromatic heterocycles. The molecular weight excluding hydrogens is 354 g/mol. The molecule has 10 heteroatoms. The van der Waals surface area contributed by atoms with E-state index in [4.69, 9.17) is 14.9 Å². The van der Waals surface area contributed by atoms with E-state index in [0.717, 1.165) is 0 Å². The van der Waals surface area contributed by atoms with Crippen molar-refractivity contribution in [2.24, 2.45) is 0 Å². The zero-order chi connectivity index (χ0) is 19.3. The third-order valence-electron chi connectivity index (χ3n) is 5.41. The Morgan fingerprint density at radius 3 is 2.58 bits per heavy atom. The van der Waals surface area contributed by atoms with Crippen LogP contribution in [0.15, 0.2) is 12.7 Å². The number of aliphatic hydroxyl groups excluding tert-OH is 2. The maximum absolute atomic E-state index is 10.5. The number of hydrogen-bond donors (Lipinski definition) is 3. The molecule has 0 saturated carbocycles. The van der Waals surface area contributed by atoms with Crippen molar-refractivity contribution in [1.82, 2.24) is 19.5 Å². The molecule has 2 aromatic rings. The normalized spacial score (nSPS) is 27.3. The Morgan fingerprint density at radius 1 is 1.23 bits per heavy atom. The molecule has 1 aliphatic rings. The maximum atomic E-state index is 10.5. The Labute approximate surface area is 153 Å². The average Bonchev–Trinajstić information content (AvgIpc) is 3.08. The van der Waals surface area contributed by atoms with E-state index >= 15 is 0 Å². The first-order valence-corrected chi connectivity index (χ1v) is 11.5. The molecule has 0 bridgehead atoms. The summed E-state index contributed by atoms with van der Waals surface area (Å²) in [6, 6.07) is 0. The number of ether oxygens (including phenoxy) is 1. The van der Waals surface area contributed by atoms with Crippen molar-refractivity contribution in [3.05, 3.63) is 12.7 Å². The molecule has 4 atom stereocenters. The number of nitrogen functional groups attached to an aromatic ring is 1. The second-order valence-corrected chi connectivity index (χ2v) is 13.0. The summed E-state index contributed by atoms with van der Waals surface area (Å²) in [5, 5.41) is 20.9. The second kappa shape index (κ2) is 6.53. The highest BCUT2D eigenvalue weighted by Gasteiger charge is 2.46. The van der Waals surface area contributed by atoms with Crippen LogP contribution in [0.5, 0.6) is 0 Å². The molecule has 144 valence electrons. The number of aromatic nitrogens is 4. The largest absolute Gasteiger partial charge is 0.414 e. The monoisotopic (exact) mass is 381 g/mol.